The third-order valence-corrected chi connectivity index (χ3v) is 10.1. The van der Waals surface area contributed by atoms with E-state index in [9.17, 15) is 14.4 Å². The molecule has 0 bridgehead atoms. The van der Waals surface area contributed by atoms with Gasteiger partial charge in [0.05, 0.1) is 62.0 Å². The van der Waals surface area contributed by atoms with Crippen molar-refractivity contribution < 1.29 is 33.3 Å². The van der Waals surface area contributed by atoms with Gasteiger partial charge in [0.25, 0.3) is 11.8 Å². The summed E-state index contributed by atoms with van der Waals surface area (Å²) in [5.74, 6) is 1.47. The Kier molecular flexibility index (Phi) is 9.29. The molecule has 0 aromatic heterocycles. The van der Waals surface area contributed by atoms with E-state index in [1.807, 2.05) is 30.7 Å². The molecule has 0 spiro atoms. The molecule has 54 heavy (non-hydrogen) atoms. The molecule has 0 N–H and O–H groups in total. The summed E-state index contributed by atoms with van der Waals surface area (Å²) < 4.78 is 23.5. The van der Waals surface area contributed by atoms with Crippen LogP contribution in [0.5, 0.6) is 23.0 Å². The van der Waals surface area contributed by atoms with Crippen molar-refractivity contribution in [2.75, 3.05) is 27.4 Å². The van der Waals surface area contributed by atoms with Crippen molar-refractivity contribution in [3.63, 3.8) is 0 Å². The first-order valence-corrected chi connectivity index (χ1v) is 17.8. The Morgan fingerprint density at radius 1 is 0.667 bits per heavy atom. The van der Waals surface area contributed by atoms with Crippen LogP contribution in [0.15, 0.2) is 95.2 Å². The number of amides is 2. The quantitative estimate of drug-likeness (QED) is 0.115. The molecular formula is C43H38N4O7. The number of hydrogen-bond donors (Lipinski definition) is 0. The highest BCUT2D eigenvalue weighted by Gasteiger charge is 2.35. The lowest BCUT2D eigenvalue weighted by Crippen LogP contribution is -2.32. The highest BCUT2D eigenvalue weighted by molar-refractivity contribution is 6.06. The van der Waals surface area contributed by atoms with Crippen LogP contribution in [0.1, 0.15) is 67.0 Å². The second kappa shape index (κ2) is 14.5. The first-order chi connectivity index (χ1) is 26.3. The van der Waals surface area contributed by atoms with Crippen LogP contribution in [0, 0.1) is 6.92 Å². The Morgan fingerprint density at radius 3 is 1.57 bits per heavy atom. The van der Waals surface area contributed by atoms with E-state index in [1.165, 1.54) is 12.7 Å². The molecule has 4 heterocycles. The molecule has 4 aromatic rings. The third kappa shape index (κ3) is 6.53. The summed E-state index contributed by atoms with van der Waals surface area (Å²) in [4.78, 5) is 51.3. The summed E-state index contributed by atoms with van der Waals surface area (Å²) in [6.45, 7) is 2.66. The number of fused-ring (bicyclic) bond motifs is 4. The lowest BCUT2D eigenvalue weighted by molar-refractivity contribution is 0.0809. The van der Waals surface area contributed by atoms with Crippen LogP contribution in [0.4, 0.5) is 11.4 Å². The number of methoxy groups -OCH3 is 2. The summed E-state index contributed by atoms with van der Waals surface area (Å²) in [6.07, 6.45) is 10.0. The van der Waals surface area contributed by atoms with Gasteiger partial charge in [0.2, 0.25) is 0 Å². The molecule has 2 amide bonds. The number of ether oxygens (including phenoxy) is 4. The Morgan fingerprint density at radius 2 is 1.13 bits per heavy atom. The number of carbonyl (C=O) groups excluding carboxylic acids is 3. The first kappa shape index (κ1) is 34.6. The fourth-order valence-corrected chi connectivity index (χ4v) is 7.11. The van der Waals surface area contributed by atoms with Crippen molar-refractivity contribution in [3.05, 3.63) is 119 Å². The molecule has 4 aromatic carbocycles. The fourth-order valence-electron chi connectivity index (χ4n) is 7.11. The maximum Gasteiger partial charge on any atom is 0.260 e. The van der Waals surface area contributed by atoms with Crippen LogP contribution in [0.2, 0.25) is 0 Å². The molecule has 2 atom stereocenters. The van der Waals surface area contributed by atoms with Crippen LogP contribution in [-0.4, -0.2) is 79.8 Å². The number of rotatable bonds is 11. The van der Waals surface area contributed by atoms with Gasteiger partial charge in [-0.3, -0.25) is 24.4 Å². The van der Waals surface area contributed by atoms with Gasteiger partial charge in [-0.05, 0) is 41.3 Å². The number of carbonyl (C=O) groups is 3. The van der Waals surface area contributed by atoms with E-state index in [-0.39, 0.29) is 23.9 Å². The summed E-state index contributed by atoms with van der Waals surface area (Å²) in [5, 5.41) is 0. The van der Waals surface area contributed by atoms with Crippen LogP contribution in [-0.2, 0) is 0 Å². The Labute approximate surface area is 312 Å². The molecular weight excluding hydrogens is 684 g/mol. The Hall–Kier alpha value is -6.49. The molecule has 0 aliphatic carbocycles. The maximum absolute atomic E-state index is 13.7. The van der Waals surface area contributed by atoms with Crippen LogP contribution >= 0.6 is 0 Å². The molecule has 8 rings (SSSR count). The third-order valence-electron chi connectivity index (χ3n) is 10.1. The molecule has 0 radical (unpaired) electrons. The van der Waals surface area contributed by atoms with E-state index in [2.05, 4.69) is 36.2 Å². The van der Waals surface area contributed by atoms with Gasteiger partial charge in [-0.25, -0.2) is 0 Å². The lowest BCUT2D eigenvalue weighted by Gasteiger charge is -2.19. The van der Waals surface area contributed by atoms with Crippen LogP contribution in [0.25, 0.3) is 11.1 Å². The number of hydrogen-bond acceptors (Lipinski definition) is 9. The molecule has 0 saturated heterocycles. The topological polar surface area (TPSA) is 119 Å². The summed E-state index contributed by atoms with van der Waals surface area (Å²) in [5.41, 5.74) is 7.80. The summed E-state index contributed by atoms with van der Waals surface area (Å²) in [6, 6.07) is 22.0. The van der Waals surface area contributed by atoms with Crippen molar-refractivity contribution in [1.82, 2.24) is 9.80 Å². The molecule has 4 aliphatic heterocycles. The normalized spacial score (nSPS) is 18.1. The van der Waals surface area contributed by atoms with Crippen molar-refractivity contribution in [2.24, 2.45) is 9.98 Å². The van der Waals surface area contributed by atoms with Gasteiger partial charge in [0, 0.05) is 61.8 Å². The summed E-state index contributed by atoms with van der Waals surface area (Å²) in [7, 11) is 3.07. The Bertz CT molecular complexity index is 2270. The minimum Gasteiger partial charge on any atom is -0.493 e. The van der Waals surface area contributed by atoms with Gasteiger partial charge in [-0.15, -0.1) is 0 Å². The average Bonchev–Trinajstić information content (AvgIpc) is 3.78. The van der Waals surface area contributed by atoms with Gasteiger partial charge >= 0.3 is 0 Å². The van der Waals surface area contributed by atoms with Crippen molar-refractivity contribution in [3.8, 4) is 23.0 Å². The van der Waals surface area contributed by atoms with E-state index >= 15 is 0 Å². The molecule has 0 unspecified atom stereocenters. The second-order valence-electron chi connectivity index (χ2n) is 13.5. The molecule has 0 saturated carbocycles. The minimum atomic E-state index is -0.238. The van der Waals surface area contributed by atoms with E-state index < -0.39 is 0 Å². The van der Waals surface area contributed by atoms with E-state index in [1.54, 1.807) is 59.5 Å². The zero-order valence-corrected chi connectivity index (χ0v) is 30.2. The molecule has 11 heteroatoms. The summed E-state index contributed by atoms with van der Waals surface area (Å²) >= 11 is 0. The van der Waals surface area contributed by atoms with Crippen molar-refractivity contribution in [1.29, 1.82) is 0 Å². The van der Waals surface area contributed by atoms with Crippen molar-refractivity contribution in [2.45, 2.75) is 38.3 Å². The SMILES string of the molecule is COc1cc2c(cc1OCCCOc1cc3c(cc1OC)C(=O)N1C=C(c4ccc(C=O)cc4)C[C@H]1C=N3)N=C[C@@H]1CC(c3ccc(C)cc3)=CN1C2=O. The predicted molar refractivity (Wildman–Crippen MR) is 206 cm³/mol. The first-order valence-electron chi connectivity index (χ1n) is 17.8. The van der Waals surface area contributed by atoms with Crippen molar-refractivity contribution >= 4 is 53.1 Å². The molecule has 11 nitrogen and oxygen atoms in total. The van der Waals surface area contributed by atoms with Gasteiger partial charge in [-0.1, -0.05) is 54.1 Å². The van der Waals surface area contributed by atoms with Gasteiger partial charge in [0.15, 0.2) is 23.0 Å². The molecule has 4 aliphatic rings. The van der Waals surface area contributed by atoms with Gasteiger partial charge in [0.1, 0.15) is 6.29 Å². The predicted octanol–water partition coefficient (Wildman–Crippen LogP) is 7.62. The highest BCUT2D eigenvalue weighted by atomic mass is 16.5. The average molecular weight is 723 g/mol. The van der Waals surface area contributed by atoms with Crippen LogP contribution in [0.3, 0.4) is 0 Å². The second-order valence-corrected chi connectivity index (χ2v) is 13.5. The molecule has 272 valence electrons. The van der Waals surface area contributed by atoms with E-state index in [4.69, 9.17) is 23.9 Å². The smallest absolute Gasteiger partial charge is 0.260 e. The maximum atomic E-state index is 13.7. The van der Waals surface area contributed by atoms with E-state index in [0.29, 0.717) is 83.5 Å². The number of aliphatic imine (C=N–C) groups is 2. The van der Waals surface area contributed by atoms with Gasteiger partial charge in [-0.2, -0.15) is 0 Å². The number of nitrogens with zero attached hydrogens (tertiary/aromatic N) is 4. The van der Waals surface area contributed by atoms with Gasteiger partial charge < -0.3 is 28.7 Å². The lowest BCUT2D eigenvalue weighted by atomic mass is 10.0. The minimum absolute atomic E-state index is 0.141. The van der Waals surface area contributed by atoms with Crippen LogP contribution < -0.4 is 18.9 Å². The fraction of sp³-hybridized carbons (Fsp3) is 0.233. The zero-order chi connectivity index (χ0) is 37.3. The highest BCUT2D eigenvalue weighted by Crippen LogP contribution is 2.41. The number of aryl methyl sites for hydroxylation is 1. The monoisotopic (exact) mass is 722 g/mol. The standard InChI is InChI=1S/C43H38N4O7/c1-26-5-9-28(10-6-26)30-15-32-21-44-36-19-40(38(51-2)17-34(36)42(49)46(32)23-30)53-13-4-14-54-41-20-37-35(18-39(41)52-3)43(50)47-24-31(16-33(47)22-45-37)29-11-7-27(25-48)8-12-29/h5-12,17-25,32-33H,4,13-16H2,1-3H3/t32-,33-/m0/s1. The van der Waals surface area contributed by atoms with E-state index in [0.717, 1.165) is 28.6 Å². The number of benzene rings is 4. The number of aldehydes is 1. The zero-order valence-electron chi connectivity index (χ0n) is 30.2. The largest absolute Gasteiger partial charge is 0.493 e. The molecule has 0 fully saturated rings. The Balaban J connectivity index is 0.910.